The van der Waals surface area contributed by atoms with E-state index in [9.17, 15) is 4.79 Å². The monoisotopic (exact) mass is 302 g/mol. The summed E-state index contributed by atoms with van der Waals surface area (Å²) in [5.74, 6) is 0.838. The minimum absolute atomic E-state index is 0.0144. The lowest BCUT2D eigenvalue weighted by molar-refractivity contribution is 0.136. The third kappa shape index (κ3) is 2.07. The molecule has 0 atom stereocenters. The lowest BCUT2D eigenvalue weighted by Gasteiger charge is -2.41. The minimum Gasteiger partial charge on any atom is -0.298 e. The van der Waals surface area contributed by atoms with Gasteiger partial charge in [0.1, 0.15) is 4.47 Å². The predicted octanol–water partition coefficient (Wildman–Crippen LogP) is 2.41. The Morgan fingerprint density at radius 3 is 2.81 bits per heavy atom. The average molecular weight is 303 g/mol. The lowest BCUT2D eigenvalue weighted by Crippen LogP contribution is -2.39. The molecule has 0 unspecified atom stereocenters. The zero-order valence-electron chi connectivity index (χ0n) is 9.24. The maximum Gasteiger partial charge on any atom is 0.267 e. The highest BCUT2D eigenvalue weighted by atomic mass is 79.9. The van der Waals surface area contributed by atoms with Gasteiger partial charge in [-0.05, 0) is 46.9 Å². The molecule has 1 aliphatic carbocycles. The van der Waals surface area contributed by atoms with Crippen molar-refractivity contribution in [2.45, 2.75) is 32.7 Å². The van der Waals surface area contributed by atoms with Crippen LogP contribution in [0.15, 0.2) is 15.6 Å². The molecule has 2 rings (SSSR count). The van der Waals surface area contributed by atoms with Crippen molar-refractivity contribution in [2.24, 2.45) is 5.41 Å². The van der Waals surface area contributed by atoms with E-state index in [1.807, 2.05) is 6.92 Å². The quantitative estimate of drug-likeness (QED) is 0.870. The van der Waals surface area contributed by atoms with Crippen LogP contribution in [0, 0.1) is 12.3 Å². The van der Waals surface area contributed by atoms with Gasteiger partial charge in [0, 0.05) is 6.54 Å². The van der Waals surface area contributed by atoms with Crippen molar-refractivity contribution in [3.8, 4) is 0 Å². The molecule has 1 aromatic heterocycles. The van der Waals surface area contributed by atoms with Crippen LogP contribution >= 0.6 is 28.6 Å². The molecule has 1 aliphatic rings. The summed E-state index contributed by atoms with van der Waals surface area (Å²) >= 11 is 7.68. The van der Waals surface area contributed by atoms with E-state index in [1.54, 1.807) is 10.9 Å². The molecule has 1 aromatic rings. The van der Waals surface area contributed by atoms with Crippen LogP contribution in [0.1, 0.15) is 25.0 Å². The van der Waals surface area contributed by atoms with Crippen LogP contribution in [0.4, 0.5) is 0 Å². The molecule has 0 N–H and O–H groups in total. The SMILES string of the molecule is Cc1ncn(CC2(CS)CCC2)c(=O)c1Br. The van der Waals surface area contributed by atoms with Crippen molar-refractivity contribution in [1.82, 2.24) is 9.55 Å². The van der Waals surface area contributed by atoms with Crippen molar-refractivity contribution < 1.29 is 0 Å². The van der Waals surface area contributed by atoms with Gasteiger partial charge >= 0.3 is 0 Å². The highest BCUT2D eigenvalue weighted by Gasteiger charge is 2.36. The van der Waals surface area contributed by atoms with Gasteiger partial charge in [0.15, 0.2) is 0 Å². The summed E-state index contributed by atoms with van der Waals surface area (Å²) in [6.07, 6.45) is 5.21. The molecule has 16 heavy (non-hydrogen) atoms. The van der Waals surface area contributed by atoms with E-state index in [1.165, 1.54) is 6.42 Å². The minimum atomic E-state index is 0.0144. The highest BCUT2D eigenvalue weighted by molar-refractivity contribution is 9.10. The number of aryl methyl sites for hydroxylation is 1. The Morgan fingerprint density at radius 1 is 1.62 bits per heavy atom. The summed E-state index contributed by atoms with van der Waals surface area (Å²) in [7, 11) is 0. The van der Waals surface area contributed by atoms with E-state index < -0.39 is 0 Å². The fraction of sp³-hybridized carbons (Fsp3) is 0.636. The van der Waals surface area contributed by atoms with Gasteiger partial charge < -0.3 is 0 Å². The van der Waals surface area contributed by atoms with Gasteiger partial charge in [-0.2, -0.15) is 12.6 Å². The number of hydrogen-bond donors (Lipinski definition) is 1. The van der Waals surface area contributed by atoms with Gasteiger partial charge in [0.2, 0.25) is 0 Å². The number of halogens is 1. The van der Waals surface area contributed by atoms with Gasteiger partial charge in [0.05, 0.1) is 12.0 Å². The molecule has 1 saturated carbocycles. The zero-order chi connectivity index (χ0) is 11.8. The summed E-state index contributed by atoms with van der Waals surface area (Å²) in [5.41, 5.74) is 0.971. The van der Waals surface area contributed by atoms with Crippen LogP contribution in [0.5, 0.6) is 0 Å². The molecule has 3 nitrogen and oxygen atoms in total. The third-order valence-electron chi connectivity index (χ3n) is 3.41. The van der Waals surface area contributed by atoms with Crippen molar-refractivity contribution in [2.75, 3.05) is 5.75 Å². The molecule has 88 valence electrons. The fourth-order valence-corrected chi connectivity index (χ4v) is 2.81. The first kappa shape index (κ1) is 12.2. The van der Waals surface area contributed by atoms with Crippen LogP contribution in [-0.2, 0) is 6.54 Å². The molecular weight excluding hydrogens is 288 g/mol. The Balaban J connectivity index is 2.29. The van der Waals surface area contributed by atoms with Gasteiger partial charge in [0.25, 0.3) is 5.56 Å². The van der Waals surface area contributed by atoms with Crippen molar-refractivity contribution >= 4 is 28.6 Å². The molecule has 0 bridgehead atoms. The Labute approximate surface area is 109 Å². The van der Waals surface area contributed by atoms with Crippen LogP contribution in [0.25, 0.3) is 0 Å². The van der Waals surface area contributed by atoms with Crippen LogP contribution in [-0.4, -0.2) is 15.3 Å². The van der Waals surface area contributed by atoms with Crippen molar-refractivity contribution in [3.63, 3.8) is 0 Å². The van der Waals surface area contributed by atoms with Crippen LogP contribution < -0.4 is 5.56 Å². The lowest BCUT2D eigenvalue weighted by atomic mass is 9.70. The molecular formula is C11H15BrN2OS. The zero-order valence-corrected chi connectivity index (χ0v) is 11.7. The van der Waals surface area contributed by atoms with Gasteiger partial charge in [-0.25, -0.2) is 4.98 Å². The van der Waals surface area contributed by atoms with Gasteiger partial charge in [-0.3, -0.25) is 9.36 Å². The van der Waals surface area contributed by atoms with Crippen LogP contribution in [0.3, 0.4) is 0 Å². The first-order valence-corrected chi connectivity index (χ1v) is 6.83. The second kappa shape index (κ2) is 4.53. The number of thiol groups is 1. The van der Waals surface area contributed by atoms with E-state index in [0.717, 1.165) is 30.8 Å². The molecule has 0 aromatic carbocycles. The maximum atomic E-state index is 12.0. The summed E-state index contributed by atoms with van der Waals surface area (Å²) in [4.78, 5) is 16.2. The molecule has 0 aliphatic heterocycles. The number of aromatic nitrogens is 2. The topological polar surface area (TPSA) is 34.9 Å². The van der Waals surface area contributed by atoms with Crippen molar-refractivity contribution in [3.05, 3.63) is 26.8 Å². The molecule has 1 fully saturated rings. The summed E-state index contributed by atoms with van der Waals surface area (Å²) in [6.45, 7) is 2.56. The van der Waals surface area contributed by atoms with E-state index in [4.69, 9.17) is 0 Å². The van der Waals surface area contributed by atoms with E-state index in [0.29, 0.717) is 4.47 Å². The first-order valence-electron chi connectivity index (χ1n) is 5.40. The van der Waals surface area contributed by atoms with Gasteiger partial charge in [-0.1, -0.05) is 6.42 Å². The first-order chi connectivity index (χ1) is 7.58. The normalized spacial score (nSPS) is 18.2. The molecule has 0 amide bonds. The molecule has 5 heteroatoms. The third-order valence-corrected chi connectivity index (χ3v) is 5.00. The number of nitrogens with zero attached hydrogens (tertiary/aromatic N) is 2. The summed E-state index contributed by atoms with van der Waals surface area (Å²) in [6, 6.07) is 0. The van der Waals surface area contributed by atoms with E-state index in [-0.39, 0.29) is 11.0 Å². The Hall–Kier alpha value is -0.290. The van der Waals surface area contributed by atoms with Gasteiger partial charge in [-0.15, -0.1) is 0 Å². The largest absolute Gasteiger partial charge is 0.298 e. The molecule has 0 saturated heterocycles. The Morgan fingerprint density at radius 2 is 2.31 bits per heavy atom. The standard InChI is InChI=1S/C11H15BrN2OS/c1-8-9(12)10(15)14(7-13-8)5-11(6-16)3-2-4-11/h7,16H,2-6H2,1H3. The summed E-state index contributed by atoms with van der Waals surface area (Å²) in [5, 5.41) is 0. The summed E-state index contributed by atoms with van der Waals surface area (Å²) < 4.78 is 2.27. The van der Waals surface area contributed by atoms with E-state index in [2.05, 4.69) is 33.5 Å². The van der Waals surface area contributed by atoms with Crippen LogP contribution in [0.2, 0.25) is 0 Å². The van der Waals surface area contributed by atoms with Crippen molar-refractivity contribution in [1.29, 1.82) is 0 Å². The molecule has 0 spiro atoms. The van der Waals surface area contributed by atoms with E-state index >= 15 is 0 Å². The second-order valence-corrected chi connectivity index (χ2v) is 5.70. The fourth-order valence-electron chi connectivity index (χ4n) is 2.06. The number of rotatable bonds is 3. The Bertz CT molecular complexity index is 448. The highest BCUT2D eigenvalue weighted by Crippen LogP contribution is 2.42. The smallest absolute Gasteiger partial charge is 0.267 e. The second-order valence-electron chi connectivity index (χ2n) is 4.59. The molecule has 0 radical (unpaired) electrons. The predicted molar refractivity (Wildman–Crippen MR) is 71.1 cm³/mol. The molecule has 1 heterocycles. The maximum absolute atomic E-state index is 12.0. The Kier molecular flexibility index (Phi) is 3.45. The number of hydrogen-bond acceptors (Lipinski definition) is 3. The average Bonchev–Trinajstić information content (AvgIpc) is 2.23.